The maximum absolute atomic E-state index is 12.4. The molecule has 0 spiro atoms. The molecule has 1 unspecified atom stereocenters. The molecule has 1 heterocycles. The van der Waals surface area contributed by atoms with Gasteiger partial charge in [-0.25, -0.2) is 0 Å². The molecule has 0 aromatic heterocycles. The molecule has 18 heavy (non-hydrogen) atoms. The highest BCUT2D eigenvalue weighted by Gasteiger charge is 2.24. The number of hydrogen-bond donors (Lipinski definition) is 1. The minimum absolute atomic E-state index is 0.0128. The molecule has 1 aliphatic heterocycles. The fraction of sp³-hybridized carbons (Fsp3) is 0.462. The van der Waals surface area contributed by atoms with E-state index in [2.05, 4.69) is 21.2 Å². The molecule has 0 aliphatic carbocycles. The van der Waals surface area contributed by atoms with Crippen molar-refractivity contribution in [1.29, 1.82) is 0 Å². The Balaban J connectivity index is 2.14. The van der Waals surface area contributed by atoms with Crippen molar-refractivity contribution in [2.75, 3.05) is 20.1 Å². The zero-order valence-electron chi connectivity index (χ0n) is 10.2. The van der Waals surface area contributed by atoms with Crippen molar-refractivity contribution in [3.05, 3.63) is 33.3 Å². The molecular formula is C13H16BrClN2O. The minimum Gasteiger partial charge on any atom is -0.337 e. The molecular weight excluding hydrogens is 316 g/mol. The minimum atomic E-state index is -0.0128. The zero-order chi connectivity index (χ0) is 13.1. The van der Waals surface area contributed by atoms with E-state index in [1.54, 1.807) is 17.0 Å². The van der Waals surface area contributed by atoms with Gasteiger partial charge in [-0.15, -0.1) is 0 Å². The summed E-state index contributed by atoms with van der Waals surface area (Å²) in [6.07, 6.45) is 2.15. The highest BCUT2D eigenvalue weighted by atomic mass is 79.9. The van der Waals surface area contributed by atoms with E-state index in [1.807, 2.05) is 13.1 Å². The van der Waals surface area contributed by atoms with E-state index < -0.39 is 0 Å². The van der Waals surface area contributed by atoms with E-state index in [0.29, 0.717) is 10.6 Å². The average Bonchev–Trinajstić information content (AvgIpc) is 2.38. The Hall–Kier alpha value is -0.580. The second-order valence-corrected chi connectivity index (χ2v) is 5.86. The summed E-state index contributed by atoms with van der Waals surface area (Å²) in [5, 5.41) is 3.80. The van der Waals surface area contributed by atoms with E-state index >= 15 is 0 Å². The first-order valence-electron chi connectivity index (χ1n) is 6.02. The second kappa shape index (κ2) is 6.04. The van der Waals surface area contributed by atoms with Crippen LogP contribution in [0.4, 0.5) is 0 Å². The van der Waals surface area contributed by atoms with E-state index in [0.717, 1.165) is 30.4 Å². The molecule has 1 amide bonds. The Morgan fingerprint density at radius 3 is 2.94 bits per heavy atom. The van der Waals surface area contributed by atoms with Gasteiger partial charge in [0.2, 0.25) is 0 Å². The van der Waals surface area contributed by atoms with E-state index in [-0.39, 0.29) is 11.9 Å². The third-order valence-electron chi connectivity index (χ3n) is 3.30. The number of benzene rings is 1. The number of hydrogen-bond acceptors (Lipinski definition) is 2. The first-order chi connectivity index (χ1) is 8.59. The molecule has 2 rings (SSSR count). The normalized spacial score (nSPS) is 19.6. The Bertz CT molecular complexity index is 447. The van der Waals surface area contributed by atoms with Crippen molar-refractivity contribution in [3.8, 4) is 0 Å². The highest BCUT2D eigenvalue weighted by molar-refractivity contribution is 9.10. The van der Waals surface area contributed by atoms with Crippen molar-refractivity contribution >= 4 is 33.4 Å². The second-order valence-electron chi connectivity index (χ2n) is 4.54. The number of carbonyl (C=O) groups is 1. The molecule has 1 N–H and O–H groups in total. The van der Waals surface area contributed by atoms with Crippen LogP contribution >= 0.6 is 27.5 Å². The van der Waals surface area contributed by atoms with Gasteiger partial charge in [0.15, 0.2) is 0 Å². The summed E-state index contributed by atoms with van der Waals surface area (Å²) in [4.78, 5) is 14.2. The van der Waals surface area contributed by atoms with Crippen LogP contribution in [0, 0.1) is 0 Å². The molecule has 5 heteroatoms. The maximum atomic E-state index is 12.4. The third-order valence-corrected chi connectivity index (χ3v) is 4.11. The summed E-state index contributed by atoms with van der Waals surface area (Å²) in [7, 11) is 1.85. The summed E-state index contributed by atoms with van der Waals surface area (Å²) in [5.74, 6) is -0.0128. The van der Waals surface area contributed by atoms with Crippen molar-refractivity contribution in [2.24, 2.45) is 0 Å². The van der Waals surface area contributed by atoms with Gasteiger partial charge < -0.3 is 10.2 Å². The lowest BCUT2D eigenvalue weighted by molar-refractivity contribution is 0.0708. The molecule has 98 valence electrons. The Morgan fingerprint density at radius 1 is 1.56 bits per heavy atom. The van der Waals surface area contributed by atoms with Gasteiger partial charge in [0.1, 0.15) is 0 Å². The van der Waals surface area contributed by atoms with Crippen LogP contribution in [0.1, 0.15) is 23.2 Å². The van der Waals surface area contributed by atoms with Crippen LogP contribution in [-0.2, 0) is 0 Å². The van der Waals surface area contributed by atoms with Crippen LogP contribution in [0.15, 0.2) is 22.7 Å². The summed E-state index contributed by atoms with van der Waals surface area (Å²) >= 11 is 9.45. The molecule has 1 saturated heterocycles. The van der Waals surface area contributed by atoms with Gasteiger partial charge in [0.05, 0.1) is 10.6 Å². The maximum Gasteiger partial charge on any atom is 0.255 e. The van der Waals surface area contributed by atoms with E-state index in [4.69, 9.17) is 11.6 Å². The lowest BCUT2D eigenvalue weighted by atomic mass is 10.1. The van der Waals surface area contributed by atoms with Gasteiger partial charge in [0, 0.05) is 24.1 Å². The molecule has 1 aromatic rings. The number of nitrogens with zero attached hydrogens (tertiary/aromatic N) is 1. The number of nitrogens with one attached hydrogen (secondary N) is 1. The first kappa shape index (κ1) is 13.8. The van der Waals surface area contributed by atoms with Gasteiger partial charge in [-0.2, -0.15) is 0 Å². The van der Waals surface area contributed by atoms with E-state index in [9.17, 15) is 4.79 Å². The standard InChI is InChI=1S/C13H16BrClN2O/c1-17(10-3-2-6-16-8-10)13(18)11-5-4-9(14)7-12(11)15/h4-5,7,10,16H,2-3,6,8H2,1H3. The Morgan fingerprint density at radius 2 is 2.33 bits per heavy atom. The molecule has 1 aromatic carbocycles. The van der Waals surface area contributed by atoms with Crippen LogP contribution < -0.4 is 5.32 Å². The fourth-order valence-corrected chi connectivity index (χ4v) is 2.94. The van der Waals surface area contributed by atoms with Crippen LogP contribution in [0.2, 0.25) is 5.02 Å². The number of amides is 1. The summed E-state index contributed by atoms with van der Waals surface area (Å²) < 4.78 is 0.881. The molecule has 0 radical (unpaired) electrons. The van der Waals surface area contributed by atoms with Gasteiger partial charge in [-0.1, -0.05) is 27.5 Å². The largest absolute Gasteiger partial charge is 0.337 e. The fourth-order valence-electron chi connectivity index (χ4n) is 2.18. The number of halogens is 2. The lowest BCUT2D eigenvalue weighted by Crippen LogP contribution is -2.46. The number of rotatable bonds is 2. The monoisotopic (exact) mass is 330 g/mol. The van der Waals surface area contributed by atoms with Crippen molar-refractivity contribution in [2.45, 2.75) is 18.9 Å². The van der Waals surface area contributed by atoms with Crippen molar-refractivity contribution in [3.63, 3.8) is 0 Å². The van der Waals surface area contributed by atoms with Gasteiger partial charge in [0.25, 0.3) is 5.91 Å². The molecule has 1 aliphatic rings. The molecule has 1 atom stereocenters. The van der Waals surface area contributed by atoms with Crippen molar-refractivity contribution < 1.29 is 4.79 Å². The van der Waals surface area contributed by atoms with Gasteiger partial charge >= 0.3 is 0 Å². The van der Waals surface area contributed by atoms with Crippen molar-refractivity contribution in [1.82, 2.24) is 10.2 Å². The number of carbonyl (C=O) groups excluding carboxylic acids is 1. The molecule has 0 bridgehead atoms. The summed E-state index contributed by atoms with van der Waals surface area (Å²) in [6.45, 7) is 1.90. The van der Waals surface area contributed by atoms with Gasteiger partial charge in [-0.3, -0.25) is 4.79 Å². The van der Waals surface area contributed by atoms with Gasteiger partial charge in [-0.05, 0) is 37.6 Å². The quantitative estimate of drug-likeness (QED) is 0.904. The Kier molecular flexibility index (Phi) is 4.65. The molecule has 0 saturated carbocycles. The smallest absolute Gasteiger partial charge is 0.255 e. The molecule has 3 nitrogen and oxygen atoms in total. The Labute approximate surface area is 121 Å². The zero-order valence-corrected chi connectivity index (χ0v) is 12.6. The predicted molar refractivity (Wildman–Crippen MR) is 77.1 cm³/mol. The SMILES string of the molecule is CN(C(=O)c1ccc(Br)cc1Cl)C1CCCNC1. The summed E-state index contributed by atoms with van der Waals surface area (Å²) in [6, 6.07) is 5.61. The van der Waals surface area contributed by atoms with E-state index in [1.165, 1.54) is 0 Å². The average molecular weight is 332 g/mol. The highest BCUT2D eigenvalue weighted by Crippen LogP contribution is 2.23. The predicted octanol–water partition coefficient (Wildman–Crippen LogP) is 2.93. The van der Waals surface area contributed by atoms with Crippen LogP contribution in [0.25, 0.3) is 0 Å². The first-order valence-corrected chi connectivity index (χ1v) is 7.19. The number of piperidine rings is 1. The van der Waals surface area contributed by atoms with Crippen LogP contribution in [-0.4, -0.2) is 37.0 Å². The number of likely N-dealkylation sites (N-methyl/N-ethyl adjacent to an activating group) is 1. The van der Waals surface area contributed by atoms with Crippen LogP contribution in [0.5, 0.6) is 0 Å². The van der Waals surface area contributed by atoms with Crippen LogP contribution in [0.3, 0.4) is 0 Å². The topological polar surface area (TPSA) is 32.3 Å². The molecule has 1 fully saturated rings. The third kappa shape index (κ3) is 3.05. The lowest BCUT2D eigenvalue weighted by Gasteiger charge is -2.32. The summed E-state index contributed by atoms with van der Waals surface area (Å²) in [5.41, 5.74) is 0.563.